The first-order chi connectivity index (χ1) is 22.1. The maximum Gasteiger partial charge on any atom is 0.187 e. The Labute approximate surface area is 269 Å². The predicted molar refractivity (Wildman–Crippen MR) is 151 cm³/mol. The third kappa shape index (κ3) is 8.03. The Morgan fingerprint density at radius 3 is 1.79 bits per heavy atom. The number of ketones is 1. The van der Waals surface area contributed by atoms with E-state index in [1.54, 1.807) is 0 Å². The number of hydrogen-bond donors (Lipinski definition) is 13. The van der Waals surface area contributed by atoms with E-state index in [0.29, 0.717) is 0 Å². The number of carbonyl (C=O) groups is 1. The van der Waals surface area contributed by atoms with Gasteiger partial charge in [-0.3, -0.25) is 4.79 Å². The Morgan fingerprint density at radius 2 is 1.23 bits per heavy atom. The molecule has 1 aliphatic carbocycles. The van der Waals surface area contributed by atoms with Gasteiger partial charge in [-0.25, -0.2) is 0 Å². The van der Waals surface area contributed by atoms with E-state index < -0.39 is 136 Å². The molecule has 3 heterocycles. The lowest BCUT2D eigenvalue weighted by Gasteiger charge is -2.49. The fourth-order valence-corrected chi connectivity index (χ4v) is 6.36. The monoisotopic (exact) mass is 685 g/mol. The van der Waals surface area contributed by atoms with Crippen molar-refractivity contribution in [2.75, 3.05) is 19.8 Å². The predicted octanol–water partition coefficient (Wildman–Crippen LogP) is -7.54. The fraction of sp³-hybridized carbons (Fsp3) is 0.893. The van der Waals surface area contributed by atoms with Crippen LogP contribution in [0.5, 0.6) is 0 Å². The van der Waals surface area contributed by atoms with Crippen molar-refractivity contribution in [2.45, 2.75) is 136 Å². The average Bonchev–Trinajstić information content (AvgIpc) is 3.04. The van der Waals surface area contributed by atoms with E-state index in [4.69, 9.17) is 23.7 Å². The lowest BCUT2D eigenvalue weighted by Crippen LogP contribution is -2.68. The first kappa shape index (κ1) is 38.5. The van der Waals surface area contributed by atoms with Crippen molar-refractivity contribution in [3.05, 3.63) is 11.6 Å². The molecule has 0 saturated carbocycles. The second kappa shape index (κ2) is 16.1. The van der Waals surface area contributed by atoms with Gasteiger partial charge in [0.1, 0.15) is 85.1 Å². The largest absolute Gasteiger partial charge is 0.394 e. The van der Waals surface area contributed by atoms with Crippen molar-refractivity contribution >= 4 is 5.78 Å². The molecule has 13 N–H and O–H groups in total. The van der Waals surface area contributed by atoms with Crippen molar-refractivity contribution in [3.63, 3.8) is 0 Å². The molecule has 0 aromatic carbocycles. The number of carbonyl (C=O) groups excluding carboxylic acids is 1. The van der Waals surface area contributed by atoms with Crippen LogP contribution < -0.4 is 5.32 Å². The first-order valence-corrected chi connectivity index (χ1v) is 15.3. The van der Waals surface area contributed by atoms with E-state index in [1.165, 1.54) is 19.9 Å². The second-order valence-corrected chi connectivity index (χ2v) is 12.4. The first-order valence-electron chi connectivity index (χ1n) is 15.3. The van der Waals surface area contributed by atoms with Gasteiger partial charge in [-0.05, 0) is 19.4 Å². The van der Waals surface area contributed by atoms with Gasteiger partial charge in [-0.1, -0.05) is 6.08 Å². The summed E-state index contributed by atoms with van der Waals surface area (Å²) in [6, 6.07) is -2.17. The van der Waals surface area contributed by atoms with Crippen LogP contribution in [-0.2, 0) is 28.5 Å². The molecule has 0 bridgehead atoms. The summed E-state index contributed by atoms with van der Waals surface area (Å²) in [6.45, 7) is 0.556. The van der Waals surface area contributed by atoms with Gasteiger partial charge < -0.3 is 90.3 Å². The van der Waals surface area contributed by atoms with Crippen molar-refractivity contribution in [3.8, 4) is 0 Å². The minimum absolute atomic E-state index is 0.0221. The summed E-state index contributed by atoms with van der Waals surface area (Å²) < 4.78 is 28.2. The molecule has 0 aromatic heterocycles. The number of rotatable bonds is 11. The zero-order valence-electron chi connectivity index (χ0n) is 25.7. The standard InChI is InChI=1S/C28H47NO18/c1-8(33)3-12-18(36)21(39)25(13(6-31)44-12)47-28-24(42)22(40)26(14(7-32)45-28)46-27-23(41)19(37)15(9(2)43-27)29-11-4-10(5-30)16(34)20(38)17(11)35/h4,9,11-32,34-42H,3,5-7H2,1-2H3/t9?,11?,12?,13?,14?,15-,16-,17+,18+,19+,20+,21-,22-,23-,24-,25-,26-,27?,28?/m1/s1. The van der Waals surface area contributed by atoms with Crippen LogP contribution in [0.25, 0.3) is 0 Å². The van der Waals surface area contributed by atoms with Crippen LogP contribution in [0.3, 0.4) is 0 Å². The number of Topliss-reactive ketones (excluding diaryl/α,β-unsaturated/α-hetero) is 1. The van der Waals surface area contributed by atoms with Gasteiger partial charge in [0.15, 0.2) is 12.6 Å². The molecule has 3 saturated heterocycles. The molecular formula is C28H47NO18. The van der Waals surface area contributed by atoms with E-state index >= 15 is 0 Å². The Morgan fingerprint density at radius 1 is 0.702 bits per heavy atom. The summed E-state index contributed by atoms with van der Waals surface area (Å²) >= 11 is 0. The number of nitrogens with one attached hydrogen (secondary N) is 1. The van der Waals surface area contributed by atoms with Crippen molar-refractivity contribution in [1.29, 1.82) is 0 Å². The smallest absolute Gasteiger partial charge is 0.187 e. The van der Waals surface area contributed by atoms with E-state index in [0.717, 1.165) is 0 Å². The van der Waals surface area contributed by atoms with Crippen LogP contribution in [0.4, 0.5) is 0 Å². The summed E-state index contributed by atoms with van der Waals surface area (Å²) in [6.07, 6.45) is -25.7. The number of aliphatic hydroxyl groups is 12. The Bertz CT molecular complexity index is 1060. The molecule has 4 rings (SSSR count). The van der Waals surface area contributed by atoms with Gasteiger partial charge in [-0.15, -0.1) is 0 Å². The Hall–Kier alpha value is -1.31. The molecule has 3 fully saturated rings. The minimum Gasteiger partial charge on any atom is -0.394 e. The summed E-state index contributed by atoms with van der Waals surface area (Å²) in [7, 11) is 0. The van der Waals surface area contributed by atoms with Gasteiger partial charge in [0.2, 0.25) is 0 Å². The highest BCUT2D eigenvalue weighted by atomic mass is 16.7. The maximum absolute atomic E-state index is 11.5. The third-order valence-electron chi connectivity index (χ3n) is 9.09. The van der Waals surface area contributed by atoms with Gasteiger partial charge in [-0.2, -0.15) is 0 Å². The molecule has 19 heteroatoms. The molecule has 19 nitrogen and oxygen atoms in total. The molecule has 0 amide bonds. The molecule has 4 aliphatic rings. The van der Waals surface area contributed by atoms with Gasteiger partial charge in [0, 0.05) is 6.42 Å². The maximum atomic E-state index is 11.5. The lowest BCUT2D eigenvalue weighted by molar-refractivity contribution is -0.367. The van der Waals surface area contributed by atoms with Crippen LogP contribution in [0.2, 0.25) is 0 Å². The van der Waals surface area contributed by atoms with Crippen molar-refractivity contribution in [2.24, 2.45) is 0 Å². The number of ether oxygens (including phenoxy) is 5. The lowest BCUT2D eigenvalue weighted by atomic mass is 9.86. The summed E-state index contributed by atoms with van der Waals surface area (Å²) in [5, 5.41) is 128. The quantitative estimate of drug-likeness (QED) is 0.0898. The fourth-order valence-electron chi connectivity index (χ4n) is 6.36. The van der Waals surface area contributed by atoms with Gasteiger partial charge >= 0.3 is 0 Å². The molecule has 0 aromatic rings. The summed E-state index contributed by atoms with van der Waals surface area (Å²) in [5.74, 6) is -0.346. The molecular weight excluding hydrogens is 638 g/mol. The minimum atomic E-state index is -1.93. The van der Waals surface area contributed by atoms with Gasteiger partial charge in [0.05, 0.1) is 44.1 Å². The molecule has 47 heavy (non-hydrogen) atoms. The van der Waals surface area contributed by atoms with E-state index in [9.17, 15) is 66.1 Å². The topological polar surface area (TPSA) is 318 Å². The van der Waals surface area contributed by atoms with Gasteiger partial charge in [0.25, 0.3) is 0 Å². The van der Waals surface area contributed by atoms with Crippen LogP contribution in [0.15, 0.2) is 11.6 Å². The molecule has 0 radical (unpaired) electrons. The SMILES string of the molecule is CC(=O)CC1OC(CO)[C@@H](OC2OC(CO)[C@@H](OC3OC(C)[C@@H](NC4C=C(CO)[C@@H](O)[C@H](O)[C@H]4O)[C@H](O)[C@H]3O)[C@H](O)[C@H]2O)[C@H](O)[C@H]1O. The average molecular weight is 686 g/mol. The zero-order valence-corrected chi connectivity index (χ0v) is 25.7. The third-order valence-corrected chi connectivity index (χ3v) is 9.09. The van der Waals surface area contributed by atoms with E-state index in [-0.39, 0.29) is 17.8 Å². The van der Waals surface area contributed by atoms with Crippen molar-refractivity contribution < 1.29 is 89.8 Å². The normalized spacial score (nSPS) is 49.4. The number of hydrogen-bond acceptors (Lipinski definition) is 19. The molecule has 7 unspecified atom stereocenters. The molecule has 3 aliphatic heterocycles. The Balaban J connectivity index is 1.42. The summed E-state index contributed by atoms with van der Waals surface area (Å²) in [5.41, 5.74) is 0.0221. The van der Waals surface area contributed by atoms with Crippen LogP contribution >= 0.6 is 0 Å². The highest BCUT2D eigenvalue weighted by Gasteiger charge is 2.53. The van der Waals surface area contributed by atoms with Crippen molar-refractivity contribution in [1.82, 2.24) is 5.32 Å². The van der Waals surface area contributed by atoms with Crippen LogP contribution in [0, 0.1) is 0 Å². The summed E-state index contributed by atoms with van der Waals surface area (Å²) in [4.78, 5) is 11.5. The highest BCUT2D eigenvalue weighted by Crippen LogP contribution is 2.33. The molecule has 272 valence electrons. The molecule has 0 spiro atoms. The zero-order chi connectivity index (χ0) is 34.9. The van der Waals surface area contributed by atoms with Crippen LogP contribution in [0.1, 0.15) is 20.3 Å². The highest BCUT2D eigenvalue weighted by molar-refractivity contribution is 5.76. The van der Waals surface area contributed by atoms with E-state index in [2.05, 4.69) is 5.32 Å². The Kier molecular flexibility index (Phi) is 13.2. The number of aliphatic hydroxyl groups excluding tert-OH is 12. The molecule has 19 atom stereocenters. The van der Waals surface area contributed by atoms with Crippen LogP contribution in [-0.4, -0.2) is 203 Å². The van der Waals surface area contributed by atoms with E-state index in [1.807, 2.05) is 0 Å². The second-order valence-electron chi connectivity index (χ2n) is 12.4.